The van der Waals surface area contributed by atoms with E-state index in [1.165, 1.54) is 0 Å². The molecule has 0 aliphatic rings. The second-order valence-corrected chi connectivity index (χ2v) is 16.2. The number of rotatable bonds is 5. The monoisotopic (exact) mass is 820 g/mol. The quantitative estimate of drug-likeness (QED) is 0.174. The second kappa shape index (κ2) is 13.3. The molecule has 0 radical (unpaired) electrons. The van der Waals surface area contributed by atoms with E-state index in [4.69, 9.17) is 15.0 Å². The van der Waals surface area contributed by atoms with Crippen molar-refractivity contribution in [1.29, 1.82) is 0 Å². The summed E-state index contributed by atoms with van der Waals surface area (Å²) in [5.41, 5.74) is 8.29. The minimum atomic E-state index is -0.211. The van der Waals surface area contributed by atoms with Gasteiger partial charge in [0, 0.05) is 43.1 Å². The zero-order valence-electron chi connectivity index (χ0n) is 37.1. The number of nitrogens with zero attached hydrogens (tertiary/aromatic N) is 7. The van der Waals surface area contributed by atoms with Crippen LogP contribution >= 0.6 is 0 Å². The summed E-state index contributed by atoms with van der Waals surface area (Å²) >= 11 is 0. The Labute approximate surface area is 370 Å². The predicted molar refractivity (Wildman–Crippen MR) is 263 cm³/mol. The van der Waals surface area contributed by atoms with Crippen LogP contribution < -0.4 is 0 Å². The highest BCUT2D eigenvalue weighted by atomic mass is 15.3. The molecule has 5 aromatic heterocycles. The van der Waals surface area contributed by atoms with Gasteiger partial charge in [0.05, 0.1) is 65.2 Å². The molecule has 14 rings (SSSR count). The summed E-state index contributed by atoms with van der Waals surface area (Å²) < 4.78 is 38.3. The van der Waals surface area contributed by atoms with E-state index in [0.29, 0.717) is 28.8 Å². The maximum atomic E-state index is 10.1. The van der Waals surface area contributed by atoms with Gasteiger partial charge < -0.3 is 9.13 Å². The Morgan fingerprint density at radius 2 is 0.516 bits per heavy atom. The highest BCUT2D eigenvalue weighted by Crippen LogP contribution is 2.42. The Morgan fingerprint density at radius 1 is 0.281 bits per heavy atom. The molecular weight excluding hydrogens is 783 g/mol. The fourth-order valence-corrected chi connectivity index (χ4v) is 10.2. The van der Waals surface area contributed by atoms with Gasteiger partial charge in [0.25, 0.3) is 0 Å². The molecule has 0 saturated heterocycles. The van der Waals surface area contributed by atoms with E-state index in [0.717, 1.165) is 87.2 Å². The van der Waals surface area contributed by atoms with E-state index in [9.17, 15) is 4.11 Å². The topological polar surface area (TPSA) is 58.4 Å². The van der Waals surface area contributed by atoms with Crippen LogP contribution in [0, 0.1) is 0 Å². The van der Waals surface area contributed by atoms with Crippen molar-refractivity contribution in [3.05, 3.63) is 212 Å². The molecule has 64 heavy (non-hydrogen) atoms. The van der Waals surface area contributed by atoms with Crippen molar-refractivity contribution in [2.45, 2.75) is 0 Å². The van der Waals surface area contributed by atoms with E-state index in [1.807, 2.05) is 97.1 Å². The Balaban J connectivity index is 1.23. The summed E-state index contributed by atoms with van der Waals surface area (Å²) in [6.45, 7) is 0. The van der Waals surface area contributed by atoms with Crippen LogP contribution in [-0.2, 0) is 0 Å². The first-order valence-electron chi connectivity index (χ1n) is 22.9. The van der Waals surface area contributed by atoms with E-state index in [2.05, 4.69) is 115 Å². The van der Waals surface area contributed by atoms with E-state index < -0.39 is 0 Å². The summed E-state index contributed by atoms with van der Waals surface area (Å²) in [4.78, 5) is 16.6. The maximum Gasteiger partial charge on any atom is 0.240 e. The van der Waals surface area contributed by atoms with Crippen LogP contribution in [-0.4, -0.2) is 33.2 Å². The number of fused-ring (bicyclic) bond motifs is 12. The predicted octanol–water partition coefficient (Wildman–Crippen LogP) is 13.9. The van der Waals surface area contributed by atoms with Crippen LogP contribution in [0.4, 0.5) is 0 Å². The van der Waals surface area contributed by atoms with E-state index in [1.54, 1.807) is 0 Å². The third kappa shape index (κ3) is 4.83. The third-order valence-electron chi connectivity index (χ3n) is 12.8. The Kier molecular flexibility index (Phi) is 6.67. The Bertz CT molecular complexity index is 3920. The van der Waals surface area contributed by atoms with Crippen molar-refractivity contribution in [2.75, 3.05) is 0 Å². The molecule has 0 bridgehead atoms. The molecule has 0 aliphatic heterocycles. The molecule has 7 nitrogen and oxygen atoms in total. The standard InChI is InChI=1S/C57H35N7/c1-9-26-44-36(18-1)37-19-2-10-27-45(37)61(44)52-34-17-35-53(62-46-28-11-3-20-38(46)39-21-4-12-29-47(39)62)54(52)55-58-56(63-48-30-13-5-22-40(48)41-23-6-14-31-49(41)63)60-57(59-55)64-50-32-15-7-24-42(50)43-25-8-16-33-51(43)64/h1-35H/i17D,34D,35D. The highest BCUT2D eigenvalue weighted by molar-refractivity contribution is 6.13. The van der Waals surface area contributed by atoms with Gasteiger partial charge in [0.15, 0.2) is 5.82 Å². The molecule has 0 atom stereocenters. The maximum absolute atomic E-state index is 10.1. The van der Waals surface area contributed by atoms with E-state index in [-0.39, 0.29) is 24.0 Å². The van der Waals surface area contributed by atoms with Crippen LogP contribution in [0.15, 0.2) is 212 Å². The lowest BCUT2D eigenvalue weighted by Crippen LogP contribution is -2.12. The summed E-state index contributed by atoms with van der Waals surface area (Å²) in [5, 5.41) is 8.19. The van der Waals surface area contributed by atoms with Crippen LogP contribution in [0.1, 0.15) is 4.11 Å². The molecule has 0 spiro atoms. The zero-order valence-corrected chi connectivity index (χ0v) is 34.1. The largest absolute Gasteiger partial charge is 0.308 e. The highest BCUT2D eigenvalue weighted by Gasteiger charge is 2.26. The van der Waals surface area contributed by atoms with Gasteiger partial charge >= 0.3 is 0 Å². The minimum Gasteiger partial charge on any atom is -0.308 e. The average molecular weight is 821 g/mol. The van der Waals surface area contributed by atoms with Gasteiger partial charge in [-0.05, 0) is 60.6 Å². The lowest BCUT2D eigenvalue weighted by atomic mass is 10.1. The molecule has 7 heteroatoms. The summed E-state index contributed by atoms with van der Waals surface area (Å²) in [5.74, 6) is 0.988. The molecule has 0 aliphatic carbocycles. The van der Waals surface area contributed by atoms with Crippen molar-refractivity contribution < 1.29 is 4.11 Å². The minimum absolute atomic E-state index is 0.117. The second-order valence-electron chi connectivity index (χ2n) is 16.2. The smallest absolute Gasteiger partial charge is 0.240 e. The lowest BCUT2D eigenvalue weighted by Gasteiger charge is -2.20. The number of hydrogen-bond acceptors (Lipinski definition) is 3. The van der Waals surface area contributed by atoms with Crippen LogP contribution in [0.3, 0.4) is 0 Å². The van der Waals surface area contributed by atoms with Crippen molar-refractivity contribution in [2.24, 2.45) is 0 Å². The van der Waals surface area contributed by atoms with Gasteiger partial charge in [-0.3, -0.25) is 9.13 Å². The van der Waals surface area contributed by atoms with Crippen molar-refractivity contribution in [3.63, 3.8) is 0 Å². The van der Waals surface area contributed by atoms with Gasteiger partial charge in [0.1, 0.15) is 0 Å². The first kappa shape index (κ1) is 32.0. The van der Waals surface area contributed by atoms with Gasteiger partial charge in [-0.1, -0.05) is 152 Å². The molecule has 14 aromatic rings. The molecule has 0 unspecified atom stereocenters. The molecule has 0 N–H and O–H groups in total. The van der Waals surface area contributed by atoms with E-state index >= 15 is 0 Å². The molecule has 298 valence electrons. The molecular formula is C57H35N7. The number of benzene rings is 9. The first-order chi connectivity index (χ1) is 33.0. The SMILES string of the molecule is [2H]c1c([2H])c(-n2c3ccccc3c3ccccc32)c(-c2nc(-n3c4ccccc4c4ccccc43)nc(-n3c4ccccc4c4ccccc43)n2)c(-n2c3ccccc3c3ccccc32)c1[2H]. The number of aromatic nitrogens is 7. The van der Waals surface area contributed by atoms with Gasteiger partial charge in [-0.25, -0.2) is 0 Å². The Hall–Kier alpha value is -8.81. The van der Waals surface area contributed by atoms with Crippen molar-refractivity contribution in [1.82, 2.24) is 33.2 Å². The molecule has 5 heterocycles. The molecule has 9 aromatic carbocycles. The van der Waals surface area contributed by atoms with Crippen molar-refractivity contribution >= 4 is 87.2 Å². The van der Waals surface area contributed by atoms with Crippen LogP contribution in [0.5, 0.6) is 0 Å². The third-order valence-corrected chi connectivity index (χ3v) is 12.8. The van der Waals surface area contributed by atoms with Gasteiger partial charge in [0.2, 0.25) is 11.9 Å². The number of hydrogen-bond donors (Lipinski definition) is 0. The molecule has 0 saturated carbocycles. The molecule has 0 amide bonds. The van der Waals surface area contributed by atoms with Crippen LogP contribution in [0.2, 0.25) is 0 Å². The summed E-state index contributed by atoms with van der Waals surface area (Å²) in [7, 11) is 0. The Morgan fingerprint density at radius 3 is 0.781 bits per heavy atom. The summed E-state index contributed by atoms with van der Waals surface area (Å²) in [6, 6.07) is 65.4. The van der Waals surface area contributed by atoms with Gasteiger partial charge in [-0.2, -0.15) is 15.0 Å². The zero-order chi connectivity index (χ0) is 44.5. The first-order valence-corrected chi connectivity index (χ1v) is 21.4. The average Bonchev–Trinajstić information content (AvgIpc) is 4.11. The van der Waals surface area contributed by atoms with Gasteiger partial charge in [-0.15, -0.1) is 0 Å². The fraction of sp³-hybridized carbons (Fsp3) is 0. The fourth-order valence-electron chi connectivity index (χ4n) is 10.2. The van der Waals surface area contributed by atoms with Crippen molar-refractivity contribution in [3.8, 4) is 34.7 Å². The summed E-state index contributed by atoms with van der Waals surface area (Å²) in [6.07, 6.45) is 0. The normalized spacial score (nSPS) is 12.7. The van der Waals surface area contributed by atoms with Crippen LogP contribution in [0.25, 0.3) is 122 Å². The lowest BCUT2D eigenvalue weighted by molar-refractivity contribution is 0.890. The number of para-hydroxylation sites is 8. The molecule has 0 fully saturated rings.